The van der Waals surface area contributed by atoms with E-state index in [1.165, 1.54) is 0 Å². The number of carbonyl (C=O) groups is 2. The van der Waals surface area contributed by atoms with Gasteiger partial charge in [0.15, 0.2) is 0 Å². The molecule has 0 fully saturated rings. The molecule has 0 saturated carbocycles. The van der Waals surface area contributed by atoms with Crippen LogP contribution in [-0.2, 0) is 25.4 Å². The number of ether oxygens (including phenoxy) is 4. The highest BCUT2D eigenvalue weighted by Crippen LogP contribution is 2.14. The molecule has 1 aromatic carbocycles. The van der Waals surface area contributed by atoms with Crippen molar-refractivity contribution in [2.45, 2.75) is 58.5 Å². The molecule has 0 aliphatic carbocycles. The van der Waals surface area contributed by atoms with Gasteiger partial charge in [-0.15, -0.1) is 0 Å². The smallest absolute Gasteiger partial charge is 0.407 e. The van der Waals surface area contributed by atoms with Crippen LogP contribution in [0, 0.1) is 0 Å². The first-order valence-corrected chi connectivity index (χ1v) is 10.8. The van der Waals surface area contributed by atoms with Crippen LogP contribution < -0.4 is 10.1 Å². The van der Waals surface area contributed by atoms with E-state index < -0.39 is 17.7 Å². The standard InChI is InChI=1S/C23H37NO7/c1-23(2,3)31-22(27)24-12-11-19-9-8-10-20(17-19)30-14-7-5-4-6-13-28-15-16-29-18-21(25)26/h8-10,17H,4-7,11-16,18H2,1-3H3,(H,24,27)(H,25,26). The average Bonchev–Trinajstić information content (AvgIpc) is 2.67. The summed E-state index contributed by atoms with van der Waals surface area (Å²) in [7, 11) is 0. The predicted octanol–water partition coefficient (Wildman–Crippen LogP) is 3.81. The van der Waals surface area contributed by atoms with E-state index in [4.69, 9.17) is 24.1 Å². The van der Waals surface area contributed by atoms with Crippen LogP contribution in [0.5, 0.6) is 5.75 Å². The molecule has 0 unspecified atom stereocenters. The molecule has 0 heterocycles. The molecule has 31 heavy (non-hydrogen) atoms. The van der Waals surface area contributed by atoms with Gasteiger partial charge in [0.25, 0.3) is 0 Å². The van der Waals surface area contributed by atoms with Crippen molar-refractivity contribution in [2.24, 2.45) is 0 Å². The van der Waals surface area contributed by atoms with Gasteiger partial charge in [-0.3, -0.25) is 0 Å². The summed E-state index contributed by atoms with van der Waals surface area (Å²) >= 11 is 0. The molecule has 1 rings (SSSR count). The first-order chi connectivity index (χ1) is 14.8. The van der Waals surface area contributed by atoms with E-state index in [1.54, 1.807) is 0 Å². The first kappa shape index (κ1) is 26.7. The van der Waals surface area contributed by atoms with Gasteiger partial charge in [-0.1, -0.05) is 18.6 Å². The maximum atomic E-state index is 11.7. The van der Waals surface area contributed by atoms with Crippen LogP contribution in [-0.4, -0.2) is 62.3 Å². The van der Waals surface area contributed by atoms with Crippen molar-refractivity contribution in [1.82, 2.24) is 5.32 Å². The molecule has 0 aromatic heterocycles. The highest BCUT2D eigenvalue weighted by Gasteiger charge is 2.15. The monoisotopic (exact) mass is 439 g/mol. The number of benzene rings is 1. The minimum absolute atomic E-state index is 0.283. The quantitative estimate of drug-likeness (QED) is 0.378. The lowest BCUT2D eigenvalue weighted by Gasteiger charge is -2.19. The summed E-state index contributed by atoms with van der Waals surface area (Å²) in [6, 6.07) is 7.90. The Morgan fingerprint density at radius 2 is 1.68 bits per heavy atom. The molecule has 176 valence electrons. The summed E-state index contributed by atoms with van der Waals surface area (Å²) < 4.78 is 21.3. The Bertz CT molecular complexity index is 643. The molecule has 0 aliphatic heterocycles. The fourth-order valence-corrected chi connectivity index (χ4v) is 2.64. The van der Waals surface area contributed by atoms with Gasteiger partial charge >= 0.3 is 12.1 Å². The Hall–Kier alpha value is -2.32. The summed E-state index contributed by atoms with van der Waals surface area (Å²) in [5, 5.41) is 11.2. The van der Waals surface area contributed by atoms with Gasteiger partial charge in [-0.25, -0.2) is 9.59 Å². The molecule has 0 radical (unpaired) electrons. The molecule has 2 N–H and O–H groups in total. The van der Waals surface area contributed by atoms with Gasteiger partial charge < -0.3 is 29.4 Å². The highest BCUT2D eigenvalue weighted by atomic mass is 16.6. The third kappa shape index (κ3) is 16.1. The van der Waals surface area contributed by atoms with E-state index in [9.17, 15) is 9.59 Å². The number of hydrogen-bond acceptors (Lipinski definition) is 6. The number of aliphatic carboxylic acids is 1. The lowest BCUT2D eigenvalue weighted by Crippen LogP contribution is -2.33. The Morgan fingerprint density at radius 1 is 0.968 bits per heavy atom. The second-order valence-electron chi connectivity index (χ2n) is 8.15. The minimum atomic E-state index is -0.968. The zero-order chi connectivity index (χ0) is 23.0. The van der Waals surface area contributed by atoms with E-state index in [-0.39, 0.29) is 6.61 Å². The molecule has 0 saturated heterocycles. The topological polar surface area (TPSA) is 103 Å². The predicted molar refractivity (Wildman–Crippen MR) is 118 cm³/mol. The van der Waals surface area contributed by atoms with E-state index >= 15 is 0 Å². The maximum absolute atomic E-state index is 11.7. The SMILES string of the molecule is CC(C)(C)OC(=O)NCCc1cccc(OCCCCCCOCCOCC(=O)O)c1. The van der Waals surface area contributed by atoms with Crippen molar-refractivity contribution >= 4 is 12.1 Å². The van der Waals surface area contributed by atoms with Crippen molar-refractivity contribution in [3.63, 3.8) is 0 Å². The van der Waals surface area contributed by atoms with Crippen LogP contribution in [0.1, 0.15) is 52.0 Å². The fourth-order valence-electron chi connectivity index (χ4n) is 2.64. The molecule has 8 heteroatoms. The Labute approximate surface area is 185 Å². The number of carbonyl (C=O) groups excluding carboxylic acids is 1. The molecule has 8 nitrogen and oxygen atoms in total. The van der Waals surface area contributed by atoms with Crippen LogP contribution in [0.25, 0.3) is 0 Å². The second kappa shape index (κ2) is 15.5. The number of amides is 1. The van der Waals surface area contributed by atoms with Crippen molar-refractivity contribution < 1.29 is 33.6 Å². The number of alkyl carbamates (subject to hydrolysis) is 1. The van der Waals surface area contributed by atoms with Crippen molar-refractivity contribution in [2.75, 3.05) is 39.6 Å². The first-order valence-electron chi connectivity index (χ1n) is 10.8. The van der Waals surface area contributed by atoms with E-state index in [0.29, 0.717) is 39.4 Å². The highest BCUT2D eigenvalue weighted by molar-refractivity contribution is 5.68. The fraction of sp³-hybridized carbons (Fsp3) is 0.652. The zero-order valence-corrected chi connectivity index (χ0v) is 19.0. The summed E-state index contributed by atoms with van der Waals surface area (Å²) in [5.41, 5.74) is 0.599. The lowest BCUT2D eigenvalue weighted by molar-refractivity contribution is -0.142. The van der Waals surface area contributed by atoms with E-state index in [1.807, 2.05) is 45.0 Å². The van der Waals surface area contributed by atoms with Gasteiger partial charge in [-0.05, 0) is 64.2 Å². The lowest BCUT2D eigenvalue weighted by atomic mass is 10.1. The average molecular weight is 440 g/mol. The Morgan fingerprint density at radius 3 is 2.39 bits per heavy atom. The molecule has 0 atom stereocenters. The number of rotatable bonds is 16. The van der Waals surface area contributed by atoms with Crippen LogP contribution >= 0.6 is 0 Å². The zero-order valence-electron chi connectivity index (χ0n) is 19.0. The van der Waals surface area contributed by atoms with Crippen LogP contribution in [0.15, 0.2) is 24.3 Å². The number of carboxylic acids is 1. The largest absolute Gasteiger partial charge is 0.494 e. The molecular weight excluding hydrogens is 402 g/mol. The molecule has 0 spiro atoms. The second-order valence-corrected chi connectivity index (χ2v) is 8.15. The van der Waals surface area contributed by atoms with Crippen LogP contribution in [0.3, 0.4) is 0 Å². The van der Waals surface area contributed by atoms with Gasteiger partial charge in [0, 0.05) is 13.2 Å². The Kier molecular flexibility index (Phi) is 13.3. The number of unbranched alkanes of at least 4 members (excludes halogenated alkanes) is 3. The molecule has 1 aromatic rings. The third-order valence-corrected chi connectivity index (χ3v) is 4.03. The normalized spacial score (nSPS) is 11.2. The van der Waals surface area contributed by atoms with E-state index in [2.05, 4.69) is 5.32 Å². The number of hydrogen-bond donors (Lipinski definition) is 2. The van der Waals surface area contributed by atoms with Crippen molar-refractivity contribution in [3.8, 4) is 5.75 Å². The minimum Gasteiger partial charge on any atom is -0.494 e. The summed E-state index contributed by atoms with van der Waals surface area (Å²) in [6.45, 7) is 7.76. The maximum Gasteiger partial charge on any atom is 0.407 e. The molecular formula is C23H37NO7. The molecule has 1 amide bonds. The number of nitrogens with one attached hydrogen (secondary N) is 1. The van der Waals surface area contributed by atoms with Gasteiger partial charge in [0.05, 0.1) is 19.8 Å². The third-order valence-electron chi connectivity index (χ3n) is 4.03. The Balaban J connectivity index is 2.05. The van der Waals surface area contributed by atoms with Gasteiger partial charge in [0.1, 0.15) is 18.0 Å². The summed E-state index contributed by atoms with van der Waals surface area (Å²) in [6.07, 6.45) is 4.33. The van der Waals surface area contributed by atoms with Crippen molar-refractivity contribution in [1.29, 1.82) is 0 Å². The van der Waals surface area contributed by atoms with Crippen molar-refractivity contribution in [3.05, 3.63) is 29.8 Å². The molecule has 0 aliphatic rings. The van der Waals surface area contributed by atoms with E-state index in [0.717, 1.165) is 37.0 Å². The summed E-state index contributed by atoms with van der Waals surface area (Å²) in [5.74, 6) is -0.136. The van der Waals surface area contributed by atoms with Gasteiger partial charge in [-0.2, -0.15) is 0 Å². The van der Waals surface area contributed by atoms with Crippen LogP contribution in [0.2, 0.25) is 0 Å². The van der Waals surface area contributed by atoms with Gasteiger partial charge in [0.2, 0.25) is 0 Å². The number of carboxylic acid groups (broad SMARTS) is 1. The van der Waals surface area contributed by atoms with Crippen LogP contribution in [0.4, 0.5) is 4.79 Å². The molecule has 0 bridgehead atoms. The summed E-state index contributed by atoms with van der Waals surface area (Å²) in [4.78, 5) is 22.0.